The highest BCUT2D eigenvalue weighted by atomic mass is 32.2. The van der Waals surface area contributed by atoms with E-state index >= 15 is 0 Å². The van der Waals surface area contributed by atoms with Crippen LogP contribution in [0.4, 0.5) is 0 Å². The summed E-state index contributed by atoms with van der Waals surface area (Å²) in [5.41, 5.74) is -0.0747. The van der Waals surface area contributed by atoms with Gasteiger partial charge in [0.2, 0.25) is 5.89 Å². The summed E-state index contributed by atoms with van der Waals surface area (Å²) in [4.78, 5) is 14.1. The van der Waals surface area contributed by atoms with Crippen molar-refractivity contribution in [2.24, 2.45) is 4.99 Å². The van der Waals surface area contributed by atoms with Crippen molar-refractivity contribution in [2.45, 2.75) is 51.3 Å². The van der Waals surface area contributed by atoms with E-state index in [1.165, 1.54) is 5.17 Å². The van der Waals surface area contributed by atoms with Crippen LogP contribution < -0.4 is 0 Å². The van der Waals surface area contributed by atoms with E-state index < -0.39 is 0 Å². The lowest BCUT2D eigenvalue weighted by atomic mass is 9.96. The summed E-state index contributed by atoms with van der Waals surface area (Å²) in [6.07, 6.45) is 0. The van der Waals surface area contributed by atoms with Gasteiger partial charge in [-0.2, -0.15) is 4.98 Å². The second kappa shape index (κ2) is 6.43. The molecule has 7 heteroatoms. The second-order valence-corrected chi connectivity index (χ2v) is 8.86. The minimum atomic E-state index is -0.0747. The van der Waals surface area contributed by atoms with E-state index in [1.807, 2.05) is 11.8 Å². The Kier molecular flexibility index (Phi) is 4.69. The monoisotopic (exact) mass is 337 g/mol. The van der Waals surface area contributed by atoms with Gasteiger partial charge in [0.15, 0.2) is 11.0 Å². The Morgan fingerprint density at radius 2 is 1.91 bits per heavy atom. The van der Waals surface area contributed by atoms with Crippen LogP contribution in [0.5, 0.6) is 0 Å². The molecule has 0 saturated carbocycles. The summed E-state index contributed by atoms with van der Waals surface area (Å²) in [7, 11) is 0. The van der Waals surface area contributed by atoms with Crippen LogP contribution in [0.1, 0.15) is 52.4 Å². The average Bonchev–Trinajstić information content (AvgIpc) is 3.15. The van der Waals surface area contributed by atoms with Crippen molar-refractivity contribution in [3.05, 3.63) is 11.7 Å². The van der Waals surface area contributed by atoms with E-state index in [-0.39, 0.29) is 11.5 Å². The van der Waals surface area contributed by atoms with E-state index in [2.05, 4.69) is 59.6 Å². The van der Waals surface area contributed by atoms with Gasteiger partial charge in [-0.1, -0.05) is 44.6 Å². The molecule has 0 unspecified atom stereocenters. The first-order chi connectivity index (χ1) is 10.8. The third kappa shape index (κ3) is 3.71. The Labute approximate surface area is 142 Å². The van der Waals surface area contributed by atoms with Crippen LogP contribution in [0.2, 0.25) is 0 Å². The first-order valence-corrected chi connectivity index (χ1v) is 9.27. The average molecular weight is 337 g/mol. The van der Waals surface area contributed by atoms with Crippen LogP contribution in [0, 0.1) is 0 Å². The number of rotatable bonds is 2. The molecule has 0 bridgehead atoms. The van der Waals surface area contributed by atoms with Gasteiger partial charge in [-0.3, -0.25) is 9.89 Å². The molecule has 1 saturated heterocycles. The Balaban J connectivity index is 1.58. The van der Waals surface area contributed by atoms with Gasteiger partial charge in [-0.05, 0) is 6.92 Å². The van der Waals surface area contributed by atoms with Gasteiger partial charge in [0, 0.05) is 36.8 Å². The minimum Gasteiger partial charge on any atom is -0.349 e. The summed E-state index contributed by atoms with van der Waals surface area (Å²) in [6.45, 7) is 15.7. The second-order valence-electron chi connectivity index (χ2n) is 7.46. The molecule has 2 aliphatic heterocycles. The largest absolute Gasteiger partial charge is 0.349 e. The first kappa shape index (κ1) is 16.8. The zero-order valence-corrected chi connectivity index (χ0v) is 15.6. The van der Waals surface area contributed by atoms with E-state index in [1.54, 1.807) is 0 Å². The number of nitrogens with zero attached hydrogens (tertiary/aromatic N) is 5. The number of amidine groups is 1. The Hall–Kier alpha value is -1.08. The lowest BCUT2D eigenvalue weighted by Crippen LogP contribution is -2.48. The normalized spacial score (nSPS) is 24.8. The maximum Gasteiger partial charge on any atom is 0.243 e. The first-order valence-electron chi connectivity index (χ1n) is 8.39. The van der Waals surface area contributed by atoms with Crippen LogP contribution in [-0.4, -0.2) is 63.1 Å². The summed E-state index contributed by atoms with van der Waals surface area (Å²) in [5.74, 6) is 1.51. The van der Waals surface area contributed by atoms with Gasteiger partial charge in [0.05, 0.1) is 12.6 Å². The van der Waals surface area contributed by atoms with Crippen molar-refractivity contribution in [2.75, 3.05) is 32.7 Å². The molecule has 2 aliphatic rings. The van der Waals surface area contributed by atoms with Crippen molar-refractivity contribution in [1.82, 2.24) is 19.9 Å². The highest BCUT2D eigenvalue weighted by molar-refractivity contribution is 8.14. The Bertz CT molecular complexity index is 571. The number of thioether (sulfide) groups is 1. The number of piperazine rings is 1. The van der Waals surface area contributed by atoms with Crippen molar-refractivity contribution in [1.29, 1.82) is 0 Å². The third-order valence-electron chi connectivity index (χ3n) is 4.39. The predicted octanol–water partition coefficient (Wildman–Crippen LogP) is 2.54. The van der Waals surface area contributed by atoms with Crippen LogP contribution in [0.15, 0.2) is 9.52 Å². The quantitative estimate of drug-likeness (QED) is 0.826. The molecule has 3 heterocycles. The molecule has 23 heavy (non-hydrogen) atoms. The number of aliphatic imine (C=N–C) groups is 1. The standard InChI is InChI=1S/C16H27N5OS/c1-11-10-17-15(23-11)21-8-6-20(7-9-21)12(2)13-18-14(19-22-13)16(3,4)5/h11-12H,6-10H2,1-5H3/t11-,12+/m0/s1. The van der Waals surface area contributed by atoms with Crippen molar-refractivity contribution < 1.29 is 4.52 Å². The van der Waals surface area contributed by atoms with Crippen LogP contribution in [0.25, 0.3) is 0 Å². The molecule has 6 nitrogen and oxygen atoms in total. The van der Waals surface area contributed by atoms with Crippen LogP contribution >= 0.6 is 11.8 Å². The molecule has 1 aromatic heterocycles. The molecule has 0 spiro atoms. The molecule has 1 fully saturated rings. The van der Waals surface area contributed by atoms with Gasteiger partial charge in [0.1, 0.15) is 0 Å². The third-order valence-corrected chi connectivity index (χ3v) is 5.54. The van der Waals surface area contributed by atoms with Crippen molar-refractivity contribution in [3.63, 3.8) is 0 Å². The van der Waals surface area contributed by atoms with E-state index in [0.717, 1.165) is 44.4 Å². The topological polar surface area (TPSA) is 57.8 Å². The summed E-state index contributed by atoms with van der Waals surface area (Å²) in [5, 5.41) is 5.99. The molecule has 3 rings (SSSR count). The Morgan fingerprint density at radius 1 is 1.22 bits per heavy atom. The molecular formula is C16H27N5OS. The van der Waals surface area contributed by atoms with Gasteiger partial charge in [-0.25, -0.2) is 0 Å². The zero-order chi connectivity index (χ0) is 16.6. The molecule has 0 N–H and O–H groups in total. The molecule has 2 atom stereocenters. The zero-order valence-electron chi connectivity index (χ0n) is 14.7. The Morgan fingerprint density at radius 3 is 2.43 bits per heavy atom. The molecule has 0 aliphatic carbocycles. The van der Waals surface area contributed by atoms with Gasteiger partial charge in [0.25, 0.3) is 0 Å². The van der Waals surface area contributed by atoms with Gasteiger partial charge < -0.3 is 9.42 Å². The van der Waals surface area contributed by atoms with Crippen LogP contribution in [-0.2, 0) is 5.41 Å². The van der Waals surface area contributed by atoms with Gasteiger partial charge >= 0.3 is 0 Å². The summed E-state index contributed by atoms with van der Waals surface area (Å²) in [6, 6.07) is 0.165. The molecule has 0 radical (unpaired) electrons. The van der Waals surface area contributed by atoms with E-state index in [9.17, 15) is 0 Å². The fourth-order valence-electron chi connectivity index (χ4n) is 2.80. The number of hydrogen-bond donors (Lipinski definition) is 0. The van der Waals surface area contributed by atoms with Crippen molar-refractivity contribution >= 4 is 16.9 Å². The number of hydrogen-bond acceptors (Lipinski definition) is 7. The highest BCUT2D eigenvalue weighted by Crippen LogP contribution is 2.27. The fourth-order valence-corrected chi connectivity index (χ4v) is 3.79. The lowest BCUT2D eigenvalue weighted by Gasteiger charge is -2.37. The summed E-state index contributed by atoms with van der Waals surface area (Å²) < 4.78 is 5.50. The number of aromatic nitrogens is 2. The molecule has 128 valence electrons. The maximum atomic E-state index is 5.50. The fraction of sp³-hybridized carbons (Fsp3) is 0.812. The molecule has 0 aromatic carbocycles. The minimum absolute atomic E-state index is 0.0747. The molecular weight excluding hydrogens is 310 g/mol. The highest BCUT2D eigenvalue weighted by Gasteiger charge is 2.30. The van der Waals surface area contributed by atoms with Gasteiger partial charge in [-0.15, -0.1) is 0 Å². The lowest BCUT2D eigenvalue weighted by molar-refractivity contribution is 0.121. The van der Waals surface area contributed by atoms with Crippen molar-refractivity contribution in [3.8, 4) is 0 Å². The van der Waals surface area contributed by atoms with Crippen LogP contribution in [0.3, 0.4) is 0 Å². The molecule has 0 amide bonds. The smallest absolute Gasteiger partial charge is 0.243 e. The van der Waals surface area contributed by atoms with E-state index in [0.29, 0.717) is 5.25 Å². The van der Waals surface area contributed by atoms with E-state index in [4.69, 9.17) is 4.52 Å². The maximum absolute atomic E-state index is 5.50. The summed E-state index contributed by atoms with van der Waals surface area (Å²) >= 11 is 1.90. The SMILES string of the molecule is C[C@H](c1nc(C(C)(C)C)no1)N1CCN(C2=NC[C@H](C)S2)CC1. The predicted molar refractivity (Wildman–Crippen MR) is 93.9 cm³/mol. The molecule has 1 aromatic rings.